The normalized spacial score (nSPS) is 19.8. The molecule has 0 bridgehead atoms. The van der Waals surface area contributed by atoms with Crippen LogP contribution in [0.2, 0.25) is 0 Å². The number of aliphatic hydroxyl groups excluding tert-OH is 1. The summed E-state index contributed by atoms with van der Waals surface area (Å²) in [6.07, 6.45) is 4.55. The van der Waals surface area contributed by atoms with Crippen LogP contribution >= 0.6 is 0 Å². The molecule has 0 aromatic rings. The lowest BCUT2D eigenvalue weighted by molar-refractivity contribution is -0.118. The van der Waals surface area contributed by atoms with Gasteiger partial charge in [-0.2, -0.15) is 0 Å². The van der Waals surface area contributed by atoms with Crippen molar-refractivity contribution in [3.8, 4) is 0 Å². The van der Waals surface area contributed by atoms with Crippen molar-refractivity contribution in [2.24, 2.45) is 0 Å². The van der Waals surface area contributed by atoms with Crippen LogP contribution in [0.3, 0.4) is 0 Å². The van der Waals surface area contributed by atoms with Crippen molar-refractivity contribution >= 4 is 5.91 Å². The van der Waals surface area contributed by atoms with E-state index in [-0.39, 0.29) is 18.1 Å². The van der Waals surface area contributed by atoms with Crippen molar-refractivity contribution in [2.45, 2.75) is 38.6 Å². The maximum Gasteiger partial charge on any atom is 0.247 e. The van der Waals surface area contributed by atoms with Crippen molar-refractivity contribution in [1.29, 1.82) is 0 Å². The number of nitrogens with one attached hydrogen (secondary N) is 1. The molecule has 0 unspecified atom stereocenters. The first kappa shape index (κ1) is 10.3. The minimum atomic E-state index is -0.292. The zero-order valence-corrected chi connectivity index (χ0v) is 8.26. The molecule has 1 aliphatic carbocycles. The highest BCUT2D eigenvalue weighted by Crippen LogP contribution is 2.34. The van der Waals surface area contributed by atoms with Gasteiger partial charge in [-0.15, -0.1) is 0 Å². The smallest absolute Gasteiger partial charge is 0.247 e. The Labute approximate surface area is 78.8 Å². The average Bonchev–Trinajstić information content (AvgIpc) is 2.86. The van der Waals surface area contributed by atoms with Crippen LogP contribution in [-0.2, 0) is 4.79 Å². The Hall–Kier alpha value is -0.830. The van der Waals surface area contributed by atoms with Gasteiger partial charge in [0.1, 0.15) is 0 Å². The second-order valence-electron chi connectivity index (χ2n) is 3.69. The lowest BCUT2D eigenvalue weighted by Gasteiger charge is -2.14. The lowest BCUT2D eigenvalue weighted by atomic mass is 10.2. The van der Waals surface area contributed by atoms with E-state index < -0.39 is 0 Å². The van der Waals surface area contributed by atoms with Gasteiger partial charge in [-0.05, 0) is 26.2 Å². The molecule has 1 rings (SSSR count). The third-order valence-corrected chi connectivity index (χ3v) is 2.40. The number of rotatable bonds is 4. The van der Waals surface area contributed by atoms with Crippen LogP contribution in [0.15, 0.2) is 11.6 Å². The Morgan fingerprint density at radius 1 is 1.62 bits per heavy atom. The van der Waals surface area contributed by atoms with Gasteiger partial charge >= 0.3 is 0 Å². The topological polar surface area (TPSA) is 49.3 Å². The molecule has 1 saturated carbocycles. The summed E-state index contributed by atoms with van der Waals surface area (Å²) in [5.41, 5.74) is 0.446. The van der Waals surface area contributed by atoms with Crippen molar-refractivity contribution in [3.05, 3.63) is 11.6 Å². The van der Waals surface area contributed by atoms with Crippen molar-refractivity contribution in [1.82, 2.24) is 5.32 Å². The largest absolute Gasteiger partial charge is 0.394 e. The second-order valence-corrected chi connectivity index (χ2v) is 3.69. The van der Waals surface area contributed by atoms with Gasteiger partial charge in [-0.1, -0.05) is 13.0 Å². The van der Waals surface area contributed by atoms with Gasteiger partial charge in [0.2, 0.25) is 5.91 Å². The zero-order valence-electron chi connectivity index (χ0n) is 8.26. The summed E-state index contributed by atoms with van der Waals surface area (Å²) >= 11 is 0. The highest BCUT2D eigenvalue weighted by molar-refractivity contribution is 5.93. The molecule has 0 saturated heterocycles. The molecular weight excluding hydrogens is 166 g/mol. The van der Waals surface area contributed by atoms with E-state index in [2.05, 4.69) is 5.32 Å². The standard InChI is InChI=1S/C10H17NO2/c1-3-4-8(2)9(13)11-10(7-12)5-6-10/h4,12H,3,5-7H2,1-2H3,(H,11,13)/b8-4-. The number of hydrogen-bond acceptors (Lipinski definition) is 2. The molecule has 1 amide bonds. The second kappa shape index (κ2) is 3.92. The number of amides is 1. The lowest BCUT2D eigenvalue weighted by Crippen LogP contribution is -2.39. The maximum atomic E-state index is 11.5. The zero-order chi connectivity index (χ0) is 9.90. The van der Waals surface area contributed by atoms with Crippen molar-refractivity contribution < 1.29 is 9.90 Å². The van der Waals surface area contributed by atoms with Crippen molar-refractivity contribution in [3.63, 3.8) is 0 Å². The molecule has 0 radical (unpaired) electrons. The number of carbonyl (C=O) groups is 1. The maximum absolute atomic E-state index is 11.5. The van der Waals surface area contributed by atoms with E-state index in [1.807, 2.05) is 13.0 Å². The van der Waals surface area contributed by atoms with Gasteiger partial charge in [0.05, 0.1) is 12.1 Å². The highest BCUT2D eigenvalue weighted by Gasteiger charge is 2.43. The summed E-state index contributed by atoms with van der Waals surface area (Å²) in [5.74, 6) is -0.0478. The molecule has 0 aromatic carbocycles. The summed E-state index contributed by atoms with van der Waals surface area (Å²) in [6.45, 7) is 3.85. The number of carbonyl (C=O) groups excluding carboxylic acids is 1. The van der Waals surface area contributed by atoms with E-state index >= 15 is 0 Å². The molecule has 0 spiro atoms. The van der Waals surface area contributed by atoms with Crippen molar-refractivity contribution in [2.75, 3.05) is 6.61 Å². The molecule has 3 heteroatoms. The fourth-order valence-electron chi connectivity index (χ4n) is 1.21. The fourth-order valence-corrected chi connectivity index (χ4v) is 1.21. The Morgan fingerprint density at radius 2 is 2.23 bits per heavy atom. The molecule has 3 nitrogen and oxygen atoms in total. The van der Waals surface area contributed by atoms with Crippen LogP contribution in [0.5, 0.6) is 0 Å². The number of aliphatic hydroxyl groups is 1. The molecule has 0 aliphatic heterocycles. The van der Waals surface area contributed by atoms with E-state index in [9.17, 15) is 4.79 Å². The number of hydrogen-bond donors (Lipinski definition) is 2. The molecular formula is C10H17NO2. The first-order valence-electron chi connectivity index (χ1n) is 4.74. The van der Waals surface area contributed by atoms with Gasteiger partial charge in [-0.3, -0.25) is 4.79 Å². The van der Waals surface area contributed by atoms with Gasteiger partial charge in [0, 0.05) is 5.57 Å². The summed E-state index contributed by atoms with van der Waals surface area (Å²) in [4.78, 5) is 11.5. The monoisotopic (exact) mass is 183 g/mol. The van der Waals surface area contributed by atoms with Crippen LogP contribution in [0.4, 0.5) is 0 Å². The van der Waals surface area contributed by atoms with Crippen LogP contribution in [0.25, 0.3) is 0 Å². The summed E-state index contributed by atoms with van der Waals surface area (Å²) in [6, 6.07) is 0. The van der Waals surface area contributed by atoms with Crippen LogP contribution in [0, 0.1) is 0 Å². The molecule has 0 atom stereocenters. The Bertz CT molecular complexity index is 229. The van der Waals surface area contributed by atoms with E-state index in [1.54, 1.807) is 6.92 Å². The van der Waals surface area contributed by atoms with Gasteiger partial charge < -0.3 is 10.4 Å². The third kappa shape index (κ3) is 2.56. The Kier molecular flexibility index (Phi) is 3.09. The van der Waals surface area contributed by atoms with Crippen LogP contribution in [0.1, 0.15) is 33.1 Å². The van der Waals surface area contributed by atoms with E-state index in [0.717, 1.165) is 24.8 Å². The minimum Gasteiger partial charge on any atom is -0.394 e. The Morgan fingerprint density at radius 3 is 2.62 bits per heavy atom. The first-order valence-corrected chi connectivity index (χ1v) is 4.74. The van der Waals surface area contributed by atoms with Crippen LogP contribution in [-0.4, -0.2) is 23.2 Å². The van der Waals surface area contributed by atoms with E-state index in [0.29, 0.717) is 0 Å². The molecule has 0 heterocycles. The average molecular weight is 183 g/mol. The predicted octanol–water partition coefficient (Wildman–Crippen LogP) is 0.984. The first-order chi connectivity index (χ1) is 6.13. The molecule has 1 aliphatic rings. The highest BCUT2D eigenvalue weighted by atomic mass is 16.3. The fraction of sp³-hybridized carbons (Fsp3) is 0.700. The molecule has 1 fully saturated rings. The van der Waals surface area contributed by atoms with Gasteiger partial charge in [0.25, 0.3) is 0 Å². The summed E-state index contributed by atoms with van der Waals surface area (Å²) in [7, 11) is 0. The molecule has 0 aromatic heterocycles. The SMILES string of the molecule is CC/C=C(/C)C(=O)NC1(CO)CC1. The number of allylic oxidation sites excluding steroid dienone is 1. The van der Waals surface area contributed by atoms with Crippen LogP contribution < -0.4 is 5.32 Å². The quantitative estimate of drug-likeness (QED) is 0.638. The van der Waals surface area contributed by atoms with E-state index in [1.165, 1.54) is 0 Å². The predicted molar refractivity (Wildman–Crippen MR) is 51.2 cm³/mol. The van der Waals surface area contributed by atoms with E-state index in [4.69, 9.17) is 5.11 Å². The minimum absolute atomic E-state index is 0.0478. The van der Waals surface area contributed by atoms with Gasteiger partial charge in [-0.25, -0.2) is 0 Å². The summed E-state index contributed by atoms with van der Waals surface area (Å²) < 4.78 is 0. The molecule has 2 N–H and O–H groups in total. The Balaban J connectivity index is 2.46. The third-order valence-electron chi connectivity index (χ3n) is 2.40. The molecule has 74 valence electrons. The molecule has 13 heavy (non-hydrogen) atoms. The summed E-state index contributed by atoms with van der Waals surface area (Å²) in [5, 5.41) is 11.8. The van der Waals surface area contributed by atoms with Gasteiger partial charge in [0.15, 0.2) is 0 Å².